The quantitative estimate of drug-likeness (QED) is 0.847. The van der Waals surface area contributed by atoms with Crippen molar-refractivity contribution in [3.63, 3.8) is 0 Å². The van der Waals surface area contributed by atoms with Crippen LogP contribution in [0.3, 0.4) is 0 Å². The second kappa shape index (κ2) is 4.36. The molecule has 3 atom stereocenters. The molecule has 0 radical (unpaired) electrons. The van der Waals surface area contributed by atoms with E-state index in [2.05, 4.69) is 41.3 Å². The lowest BCUT2D eigenvalue weighted by molar-refractivity contribution is -0.120. The maximum Gasteiger partial charge on any atom is 0.169 e. The molecule has 4 bridgehead atoms. The summed E-state index contributed by atoms with van der Waals surface area (Å²) in [5.74, 6) is 3.02. The highest BCUT2D eigenvalue weighted by Gasteiger charge is 2.58. The standard InChI is InChI=1S/C17H24BrNO/c1-16-6-11-5-12(7-16)9-17(8-11,10-16)15(19-2)13-3-4-14(18)20-13/h3-4,11-12,15,19H,5-10H2,1-2H3. The van der Waals surface area contributed by atoms with Gasteiger partial charge in [0.2, 0.25) is 0 Å². The van der Waals surface area contributed by atoms with E-state index in [1.165, 1.54) is 38.5 Å². The molecule has 4 aliphatic rings. The van der Waals surface area contributed by atoms with E-state index in [4.69, 9.17) is 4.42 Å². The van der Waals surface area contributed by atoms with Gasteiger partial charge in [-0.2, -0.15) is 0 Å². The topological polar surface area (TPSA) is 25.2 Å². The summed E-state index contributed by atoms with van der Waals surface area (Å²) >= 11 is 3.46. The lowest BCUT2D eigenvalue weighted by Gasteiger charge is -2.63. The van der Waals surface area contributed by atoms with Gasteiger partial charge in [0.25, 0.3) is 0 Å². The van der Waals surface area contributed by atoms with Gasteiger partial charge in [-0.05, 0) is 96.3 Å². The highest BCUT2D eigenvalue weighted by Crippen LogP contribution is 2.68. The van der Waals surface area contributed by atoms with Gasteiger partial charge in [0.1, 0.15) is 5.76 Å². The summed E-state index contributed by atoms with van der Waals surface area (Å²) in [5, 5.41) is 3.59. The van der Waals surface area contributed by atoms with Gasteiger partial charge >= 0.3 is 0 Å². The Labute approximate surface area is 129 Å². The van der Waals surface area contributed by atoms with E-state index in [9.17, 15) is 0 Å². The van der Waals surface area contributed by atoms with Gasteiger partial charge in [-0.15, -0.1) is 0 Å². The zero-order chi connectivity index (χ0) is 14.0. The Bertz CT molecular complexity index is 509. The Hall–Kier alpha value is -0.280. The largest absolute Gasteiger partial charge is 0.453 e. The fraction of sp³-hybridized carbons (Fsp3) is 0.765. The van der Waals surface area contributed by atoms with Gasteiger partial charge in [0.15, 0.2) is 4.67 Å². The monoisotopic (exact) mass is 337 g/mol. The summed E-state index contributed by atoms with van der Waals surface area (Å²) in [5.41, 5.74) is 1.01. The molecule has 4 aliphatic carbocycles. The molecule has 1 aromatic rings. The predicted octanol–water partition coefficient (Wildman–Crippen LogP) is 4.91. The van der Waals surface area contributed by atoms with Crippen LogP contribution in [0.2, 0.25) is 0 Å². The summed E-state index contributed by atoms with van der Waals surface area (Å²) in [6, 6.07) is 4.55. The van der Waals surface area contributed by atoms with Gasteiger partial charge in [0.05, 0.1) is 6.04 Å². The van der Waals surface area contributed by atoms with Crippen LogP contribution in [0.5, 0.6) is 0 Å². The van der Waals surface area contributed by atoms with Crippen molar-refractivity contribution in [1.29, 1.82) is 0 Å². The Morgan fingerprint density at radius 2 is 1.95 bits per heavy atom. The Morgan fingerprint density at radius 1 is 1.25 bits per heavy atom. The summed E-state index contributed by atoms with van der Waals surface area (Å²) in [6.07, 6.45) is 8.56. The lowest BCUT2D eigenvalue weighted by Crippen LogP contribution is -2.54. The van der Waals surface area contributed by atoms with Crippen molar-refractivity contribution in [2.45, 2.75) is 51.5 Å². The molecule has 1 N–H and O–H groups in total. The van der Waals surface area contributed by atoms with Gasteiger partial charge in [-0.3, -0.25) is 0 Å². The Morgan fingerprint density at radius 3 is 2.45 bits per heavy atom. The molecule has 3 heteroatoms. The third-order valence-corrected chi connectivity index (χ3v) is 6.60. The van der Waals surface area contributed by atoms with Crippen LogP contribution >= 0.6 is 15.9 Å². The fourth-order valence-corrected chi connectivity index (χ4v) is 6.69. The lowest BCUT2D eigenvalue weighted by atomic mass is 9.43. The number of halogens is 1. The van der Waals surface area contributed by atoms with Crippen LogP contribution in [-0.4, -0.2) is 7.05 Å². The third kappa shape index (κ3) is 1.93. The molecular weight excluding hydrogens is 314 g/mol. The average molecular weight is 338 g/mol. The molecule has 0 aliphatic heterocycles. The van der Waals surface area contributed by atoms with Gasteiger partial charge in [-0.25, -0.2) is 0 Å². The van der Waals surface area contributed by atoms with E-state index >= 15 is 0 Å². The molecule has 0 spiro atoms. The Balaban J connectivity index is 1.72. The van der Waals surface area contributed by atoms with E-state index in [0.29, 0.717) is 16.9 Å². The van der Waals surface area contributed by atoms with E-state index in [0.717, 1.165) is 22.3 Å². The molecule has 0 saturated heterocycles. The first-order valence-electron chi connectivity index (χ1n) is 7.94. The molecule has 1 aromatic heterocycles. The van der Waals surface area contributed by atoms with E-state index < -0.39 is 0 Å². The maximum atomic E-state index is 5.91. The molecule has 5 rings (SSSR count). The highest BCUT2D eigenvalue weighted by atomic mass is 79.9. The van der Waals surface area contributed by atoms with Crippen molar-refractivity contribution in [3.05, 3.63) is 22.6 Å². The van der Waals surface area contributed by atoms with Crippen LogP contribution in [0.15, 0.2) is 21.2 Å². The van der Waals surface area contributed by atoms with E-state index in [1.54, 1.807) is 0 Å². The van der Waals surface area contributed by atoms with Crippen LogP contribution < -0.4 is 5.32 Å². The molecule has 4 fully saturated rings. The molecule has 1 heterocycles. The van der Waals surface area contributed by atoms with Gasteiger partial charge in [0, 0.05) is 0 Å². The van der Waals surface area contributed by atoms with E-state index in [1.807, 2.05) is 6.07 Å². The van der Waals surface area contributed by atoms with Gasteiger partial charge < -0.3 is 9.73 Å². The van der Waals surface area contributed by atoms with Crippen LogP contribution in [0.4, 0.5) is 0 Å². The first kappa shape index (κ1) is 13.4. The zero-order valence-corrected chi connectivity index (χ0v) is 14.0. The molecule has 20 heavy (non-hydrogen) atoms. The minimum Gasteiger partial charge on any atom is -0.453 e. The number of furan rings is 1. The van der Waals surface area contributed by atoms with Crippen LogP contribution in [0, 0.1) is 22.7 Å². The predicted molar refractivity (Wildman–Crippen MR) is 83.4 cm³/mol. The second-order valence-corrected chi connectivity index (χ2v) is 8.78. The third-order valence-electron chi connectivity index (χ3n) is 6.18. The smallest absolute Gasteiger partial charge is 0.169 e. The van der Waals surface area contributed by atoms with Crippen LogP contribution in [-0.2, 0) is 0 Å². The number of hydrogen-bond acceptors (Lipinski definition) is 2. The molecule has 0 amide bonds. The normalized spacial score (nSPS) is 44.0. The zero-order valence-electron chi connectivity index (χ0n) is 12.4. The summed E-state index contributed by atoms with van der Waals surface area (Å²) in [4.78, 5) is 0. The Kier molecular flexibility index (Phi) is 2.92. The number of rotatable bonds is 3. The van der Waals surface area contributed by atoms with Crippen molar-refractivity contribution in [1.82, 2.24) is 5.32 Å². The molecule has 3 unspecified atom stereocenters. The number of nitrogens with one attached hydrogen (secondary N) is 1. The first-order chi connectivity index (χ1) is 9.52. The summed E-state index contributed by atoms with van der Waals surface area (Å²) < 4.78 is 6.76. The van der Waals surface area contributed by atoms with Crippen molar-refractivity contribution >= 4 is 15.9 Å². The fourth-order valence-electron chi connectivity index (χ4n) is 6.37. The molecule has 2 nitrogen and oxygen atoms in total. The molecular formula is C17H24BrNO. The minimum atomic E-state index is 0.374. The summed E-state index contributed by atoms with van der Waals surface area (Å²) in [6.45, 7) is 2.53. The average Bonchev–Trinajstić information content (AvgIpc) is 2.72. The van der Waals surface area contributed by atoms with Crippen LogP contribution in [0.1, 0.15) is 57.3 Å². The molecule has 110 valence electrons. The van der Waals surface area contributed by atoms with Crippen molar-refractivity contribution in [3.8, 4) is 0 Å². The maximum absolute atomic E-state index is 5.91. The van der Waals surface area contributed by atoms with Crippen LogP contribution in [0.25, 0.3) is 0 Å². The van der Waals surface area contributed by atoms with Gasteiger partial charge in [-0.1, -0.05) is 6.92 Å². The SMILES string of the molecule is CNC(c1ccc(Br)o1)C12CC3CC(CC(C)(C3)C1)C2. The highest BCUT2D eigenvalue weighted by molar-refractivity contribution is 9.10. The van der Waals surface area contributed by atoms with Crippen molar-refractivity contribution in [2.75, 3.05) is 7.05 Å². The molecule has 4 saturated carbocycles. The minimum absolute atomic E-state index is 0.374. The first-order valence-corrected chi connectivity index (χ1v) is 8.74. The van der Waals surface area contributed by atoms with E-state index in [-0.39, 0.29) is 0 Å². The van der Waals surface area contributed by atoms with Crippen molar-refractivity contribution < 1.29 is 4.42 Å². The summed E-state index contributed by atoms with van der Waals surface area (Å²) in [7, 11) is 2.10. The second-order valence-electron chi connectivity index (χ2n) is 8.00. The van der Waals surface area contributed by atoms with Crippen molar-refractivity contribution in [2.24, 2.45) is 22.7 Å². The molecule has 0 aromatic carbocycles. The number of hydrogen-bond donors (Lipinski definition) is 1.